The number of aromatic nitrogens is 1. The molecule has 1 aromatic heterocycles. The molecule has 0 atom stereocenters. The van der Waals surface area contributed by atoms with Gasteiger partial charge in [0.15, 0.2) is 11.5 Å². The summed E-state index contributed by atoms with van der Waals surface area (Å²) in [4.78, 5) is 4.34. The van der Waals surface area contributed by atoms with Crippen molar-refractivity contribution in [2.75, 3.05) is 21.3 Å². The molecule has 0 aliphatic rings. The number of ether oxygens (including phenoxy) is 3. The first-order valence-corrected chi connectivity index (χ1v) is 7.35. The number of benzene rings is 1. The van der Waals surface area contributed by atoms with Gasteiger partial charge in [-0.15, -0.1) is 11.3 Å². The van der Waals surface area contributed by atoms with E-state index in [0.29, 0.717) is 27.8 Å². The molecule has 6 heteroatoms. The molecule has 2 rings (SSSR count). The van der Waals surface area contributed by atoms with Crippen molar-refractivity contribution in [3.8, 4) is 23.3 Å². The van der Waals surface area contributed by atoms with Gasteiger partial charge in [-0.25, -0.2) is 4.98 Å². The van der Waals surface area contributed by atoms with Crippen molar-refractivity contribution in [2.24, 2.45) is 0 Å². The molecular weight excluding hydrogens is 300 g/mol. The predicted octanol–water partition coefficient (Wildman–Crippen LogP) is 3.54. The molecule has 0 N–H and O–H groups in total. The Morgan fingerprint density at radius 3 is 2.23 bits per heavy atom. The van der Waals surface area contributed by atoms with Crippen molar-refractivity contribution in [3.05, 3.63) is 33.8 Å². The molecule has 0 bridgehead atoms. The SMILES string of the molecule is COc1cc(/C=C(\C#N)c2nc(C)cs2)cc(OC)c1OC. The molecule has 0 saturated carbocycles. The van der Waals surface area contributed by atoms with Crippen LogP contribution < -0.4 is 14.2 Å². The molecule has 0 spiro atoms. The number of rotatable bonds is 5. The van der Waals surface area contributed by atoms with E-state index in [4.69, 9.17) is 14.2 Å². The molecule has 0 aliphatic carbocycles. The van der Waals surface area contributed by atoms with Gasteiger partial charge in [-0.05, 0) is 30.7 Å². The third-order valence-corrected chi connectivity index (χ3v) is 3.96. The van der Waals surface area contributed by atoms with E-state index in [1.54, 1.807) is 39.5 Å². The van der Waals surface area contributed by atoms with Crippen molar-refractivity contribution < 1.29 is 14.2 Å². The summed E-state index contributed by atoms with van der Waals surface area (Å²) in [5, 5.41) is 12.0. The second kappa shape index (κ2) is 6.96. The smallest absolute Gasteiger partial charge is 0.203 e. The standard InChI is InChI=1S/C16H16N2O3S/c1-10-9-22-16(18-10)12(8-17)5-11-6-13(19-2)15(21-4)14(7-11)20-3/h5-7,9H,1-4H3/b12-5+. The van der Waals surface area contributed by atoms with Gasteiger partial charge in [-0.2, -0.15) is 5.26 Å². The minimum absolute atomic E-state index is 0.493. The summed E-state index contributed by atoms with van der Waals surface area (Å²) in [6, 6.07) is 5.76. The van der Waals surface area contributed by atoms with E-state index in [9.17, 15) is 5.26 Å². The van der Waals surface area contributed by atoms with Crippen molar-refractivity contribution >= 4 is 23.0 Å². The lowest BCUT2D eigenvalue weighted by atomic mass is 10.1. The van der Waals surface area contributed by atoms with Gasteiger partial charge in [0, 0.05) is 11.1 Å². The van der Waals surface area contributed by atoms with Gasteiger partial charge in [0.2, 0.25) is 5.75 Å². The maximum atomic E-state index is 9.36. The van der Waals surface area contributed by atoms with Gasteiger partial charge in [0.25, 0.3) is 0 Å². The molecule has 0 amide bonds. The van der Waals surface area contributed by atoms with Gasteiger partial charge in [-0.1, -0.05) is 0 Å². The Labute approximate surface area is 133 Å². The molecule has 0 radical (unpaired) electrons. The Morgan fingerprint density at radius 2 is 1.82 bits per heavy atom. The highest BCUT2D eigenvalue weighted by Crippen LogP contribution is 2.39. The fraction of sp³-hybridized carbons (Fsp3) is 0.250. The van der Waals surface area contributed by atoms with Crippen molar-refractivity contribution in [1.29, 1.82) is 5.26 Å². The monoisotopic (exact) mass is 316 g/mol. The number of hydrogen-bond acceptors (Lipinski definition) is 6. The molecule has 1 aromatic carbocycles. The van der Waals surface area contributed by atoms with Crippen LogP contribution in [0.25, 0.3) is 11.6 Å². The summed E-state index contributed by atoms with van der Waals surface area (Å²) >= 11 is 1.44. The zero-order valence-electron chi connectivity index (χ0n) is 12.8. The maximum Gasteiger partial charge on any atom is 0.203 e. The zero-order chi connectivity index (χ0) is 16.1. The van der Waals surface area contributed by atoms with Crippen LogP contribution in [0.15, 0.2) is 17.5 Å². The average molecular weight is 316 g/mol. The van der Waals surface area contributed by atoms with Crippen LogP contribution in [0.1, 0.15) is 16.3 Å². The van der Waals surface area contributed by atoms with E-state index in [1.807, 2.05) is 12.3 Å². The van der Waals surface area contributed by atoms with Gasteiger partial charge in [0.05, 0.1) is 26.9 Å². The normalized spacial score (nSPS) is 11.0. The Kier molecular flexibility index (Phi) is 5.02. The Bertz CT molecular complexity index is 719. The van der Waals surface area contributed by atoms with E-state index in [1.165, 1.54) is 11.3 Å². The number of hydrogen-bond donors (Lipinski definition) is 0. The van der Waals surface area contributed by atoms with Crippen LogP contribution in [0.4, 0.5) is 0 Å². The van der Waals surface area contributed by atoms with Gasteiger partial charge < -0.3 is 14.2 Å². The summed E-state index contributed by atoms with van der Waals surface area (Å²) in [5.41, 5.74) is 2.16. The summed E-state index contributed by atoms with van der Waals surface area (Å²) in [6.07, 6.45) is 1.75. The molecule has 22 heavy (non-hydrogen) atoms. The lowest BCUT2D eigenvalue weighted by molar-refractivity contribution is 0.324. The average Bonchev–Trinajstić information content (AvgIpc) is 2.97. The molecule has 114 valence electrons. The molecule has 1 heterocycles. The molecule has 2 aromatic rings. The van der Waals surface area contributed by atoms with Gasteiger partial charge in [-0.3, -0.25) is 0 Å². The van der Waals surface area contributed by atoms with E-state index < -0.39 is 0 Å². The Morgan fingerprint density at radius 1 is 1.18 bits per heavy atom. The second-order valence-electron chi connectivity index (χ2n) is 4.42. The molecule has 0 saturated heterocycles. The lowest BCUT2D eigenvalue weighted by Crippen LogP contribution is -1.95. The van der Waals surface area contributed by atoms with Crippen LogP contribution in [0.2, 0.25) is 0 Å². The van der Waals surface area contributed by atoms with Gasteiger partial charge >= 0.3 is 0 Å². The van der Waals surface area contributed by atoms with Crippen LogP contribution in [0.3, 0.4) is 0 Å². The van der Waals surface area contributed by atoms with Crippen LogP contribution in [-0.2, 0) is 0 Å². The van der Waals surface area contributed by atoms with Crippen LogP contribution in [0, 0.1) is 18.3 Å². The molecule has 0 unspecified atom stereocenters. The topological polar surface area (TPSA) is 64.4 Å². The number of aryl methyl sites for hydroxylation is 1. The second-order valence-corrected chi connectivity index (χ2v) is 5.28. The van der Waals surface area contributed by atoms with Crippen molar-refractivity contribution in [2.45, 2.75) is 6.92 Å². The number of nitriles is 1. The van der Waals surface area contributed by atoms with Crippen molar-refractivity contribution in [1.82, 2.24) is 4.98 Å². The van der Waals surface area contributed by atoms with Crippen molar-refractivity contribution in [3.63, 3.8) is 0 Å². The molecule has 5 nitrogen and oxygen atoms in total. The maximum absolute atomic E-state index is 9.36. The third kappa shape index (κ3) is 3.21. The summed E-state index contributed by atoms with van der Waals surface area (Å²) in [7, 11) is 4.66. The minimum Gasteiger partial charge on any atom is -0.493 e. The van der Waals surface area contributed by atoms with E-state index in [-0.39, 0.29) is 0 Å². The summed E-state index contributed by atoms with van der Waals surface area (Å²) in [6.45, 7) is 1.90. The molecule has 0 fully saturated rings. The largest absolute Gasteiger partial charge is 0.493 e. The molecular formula is C16H16N2O3S. The van der Waals surface area contributed by atoms with E-state index in [0.717, 1.165) is 11.3 Å². The summed E-state index contributed by atoms with van der Waals surface area (Å²) < 4.78 is 15.9. The third-order valence-electron chi connectivity index (χ3n) is 2.97. The fourth-order valence-electron chi connectivity index (χ4n) is 1.97. The highest BCUT2D eigenvalue weighted by molar-refractivity contribution is 7.11. The Balaban J connectivity index is 2.52. The van der Waals surface area contributed by atoms with Crippen LogP contribution in [0.5, 0.6) is 17.2 Å². The van der Waals surface area contributed by atoms with Crippen LogP contribution in [-0.4, -0.2) is 26.3 Å². The van der Waals surface area contributed by atoms with Gasteiger partial charge in [0.1, 0.15) is 11.1 Å². The van der Waals surface area contributed by atoms with Crippen LogP contribution >= 0.6 is 11.3 Å². The highest BCUT2D eigenvalue weighted by atomic mass is 32.1. The quantitative estimate of drug-likeness (QED) is 0.789. The summed E-state index contributed by atoms with van der Waals surface area (Å²) in [5.74, 6) is 1.60. The molecule has 0 aliphatic heterocycles. The predicted molar refractivity (Wildman–Crippen MR) is 86.4 cm³/mol. The van der Waals surface area contributed by atoms with E-state index >= 15 is 0 Å². The first kappa shape index (κ1) is 15.9. The zero-order valence-corrected chi connectivity index (χ0v) is 13.7. The fourth-order valence-corrected chi connectivity index (χ4v) is 2.73. The first-order valence-electron chi connectivity index (χ1n) is 6.47. The van der Waals surface area contributed by atoms with E-state index in [2.05, 4.69) is 11.1 Å². The lowest BCUT2D eigenvalue weighted by Gasteiger charge is -2.13. The first-order chi connectivity index (χ1) is 10.6. The number of methoxy groups -OCH3 is 3. The Hall–Kier alpha value is -2.52. The number of allylic oxidation sites excluding steroid dienone is 1. The number of thiazole rings is 1. The minimum atomic E-state index is 0.493. The highest BCUT2D eigenvalue weighted by Gasteiger charge is 2.13. The number of nitrogens with zero attached hydrogens (tertiary/aromatic N) is 2.